The van der Waals surface area contributed by atoms with Crippen molar-refractivity contribution >= 4 is 28.1 Å². The van der Waals surface area contributed by atoms with Crippen LogP contribution in [0.15, 0.2) is 24.3 Å². The summed E-state index contributed by atoms with van der Waals surface area (Å²) in [7, 11) is 0. The van der Waals surface area contributed by atoms with Gasteiger partial charge in [-0.1, -0.05) is 29.8 Å². The van der Waals surface area contributed by atoms with Crippen LogP contribution < -0.4 is 5.32 Å². The van der Waals surface area contributed by atoms with Gasteiger partial charge in [0.1, 0.15) is 5.52 Å². The SMILES string of the molecule is Clc1cccc2c(C3=CC4CCC3NC4)[nH]nc12. The normalized spacial score (nSPS) is 26.6. The number of rotatable bonds is 1. The number of para-hydroxylation sites is 1. The average molecular weight is 260 g/mol. The Morgan fingerprint density at radius 1 is 1.28 bits per heavy atom. The number of piperidine rings is 1. The van der Waals surface area contributed by atoms with E-state index in [1.165, 1.54) is 18.4 Å². The Morgan fingerprint density at radius 3 is 2.94 bits per heavy atom. The molecule has 1 aromatic carbocycles. The van der Waals surface area contributed by atoms with Gasteiger partial charge in [0.05, 0.1) is 10.7 Å². The van der Waals surface area contributed by atoms with Gasteiger partial charge >= 0.3 is 0 Å². The van der Waals surface area contributed by atoms with E-state index in [2.05, 4.69) is 27.7 Å². The predicted octanol–water partition coefficient (Wildman–Crippen LogP) is 2.98. The highest BCUT2D eigenvalue weighted by atomic mass is 35.5. The number of hydrogen-bond donors (Lipinski definition) is 2. The van der Waals surface area contributed by atoms with Gasteiger partial charge in [-0.15, -0.1) is 0 Å². The third-order valence-electron chi connectivity index (χ3n) is 4.07. The maximum Gasteiger partial charge on any atom is 0.111 e. The molecule has 3 aliphatic rings. The van der Waals surface area contributed by atoms with Crippen LogP contribution in [0.4, 0.5) is 0 Å². The van der Waals surface area contributed by atoms with Crippen LogP contribution in [0.1, 0.15) is 18.5 Å². The minimum Gasteiger partial charge on any atom is -0.309 e. The van der Waals surface area contributed by atoms with Crippen LogP contribution in [0, 0.1) is 5.92 Å². The van der Waals surface area contributed by atoms with Gasteiger partial charge in [0.15, 0.2) is 0 Å². The molecule has 2 bridgehead atoms. The van der Waals surface area contributed by atoms with Crippen LogP contribution in [0.25, 0.3) is 16.5 Å². The summed E-state index contributed by atoms with van der Waals surface area (Å²) in [4.78, 5) is 0. The molecule has 0 saturated carbocycles. The van der Waals surface area contributed by atoms with E-state index in [9.17, 15) is 0 Å². The van der Waals surface area contributed by atoms with E-state index in [4.69, 9.17) is 11.6 Å². The lowest BCUT2D eigenvalue weighted by molar-refractivity contribution is 0.373. The van der Waals surface area contributed by atoms with Crippen LogP contribution in [-0.2, 0) is 0 Å². The van der Waals surface area contributed by atoms with E-state index < -0.39 is 0 Å². The fourth-order valence-corrected chi connectivity index (χ4v) is 3.35. The minimum absolute atomic E-state index is 0.470. The zero-order chi connectivity index (χ0) is 12.1. The maximum absolute atomic E-state index is 6.17. The first kappa shape index (κ1) is 10.6. The Morgan fingerprint density at radius 2 is 2.22 bits per heavy atom. The Balaban J connectivity index is 1.91. The first-order valence-corrected chi connectivity index (χ1v) is 6.79. The van der Waals surface area contributed by atoms with Crippen molar-refractivity contribution in [3.8, 4) is 0 Å². The fourth-order valence-electron chi connectivity index (χ4n) is 3.14. The van der Waals surface area contributed by atoms with Gasteiger partial charge in [-0.25, -0.2) is 0 Å². The second-order valence-electron chi connectivity index (χ2n) is 5.15. The highest BCUT2D eigenvalue weighted by molar-refractivity contribution is 6.35. The summed E-state index contributed by atoms with van der Waals surface area (Å²) < 4.78 is 0. The van der Waals surface area contributed by atoms with Crippen molar-refractivity contribution in [2.45, 2.75) is 18.9 Å². The number of halogens is 1. The Hall–Kier alpha value is -1.32. The molecule has 2 aromatic rings. The number of nitrogens with zero attached hydrogens (tertiary/aromatic N) is 1. The van der Waals surface area contributed by atoms with E-state index in [1.807, 2.05) is 12.1 Å². The third-order valence-corrected chi connectivity index (χ3v) is 4.37. The molecule has 1 aromatic heterocycles. The van der Waals surface area contributed by atoms with Crippen LogP contribution >= 0.6 is 11.6 Å². The molecule has 18 heavy (non-hydrogen) atoms. The number of fused-ring (bicyclic) bond motifs is 3. The van der Waals surface area contributed by atoms with Gasteiger partial charge in [0, 0.05) is 18.0 Å². The summed E-state index contributed by atoms with van der Waals surface area (Å²) in [6, 6.07) is 6.42. The van der Waals surface area contributed by atoms with Crippen molar-refractivity contribution in [3.63, 3.8) is 0 Å². The lowest BCUT2D eigenvalue weighted by atomic mass is 9.81. The number of hydrogen-bond acceptors (Lipinski definition) is 2. The predicted molar refractivity (Wildman–Crippen MR) is 73.6 cm³/mol. The number of H-pyrrole nitrogens is 1. The molecule has 3 nitrogen and oxygen atoms in total. The van der Waals surface area contributed by atoms with Gasteiger partial charge < -0.3 is 5.32 Å². The summed E-state index contributed by atoms with van der Waals surface area (Å²) in [6.45, 7) is 1.11. The Labute approximate surface area is 110 Å². The first-order chi connectivity index (χ1) is 8.83. The molecule has 1 aliphatic carbocycles. The summed E-state index contributed by atoms with van der Waals surface area (Å²) in [5.74, 6) is 0.669. The summed E-state index contributed by atoms with van der Waals surface area (Å²) in [6.07, 6.45) is 4.92. The summed E-state index contributed by atoms with van der Waals surface area (Å²) in [5, 5.41) is 12.9. The molecule has 1 saturated heterocycles. The largest absolute Gasteiger partial charge is 0.309 e. The van der Waals surface area contributed by atoms with Crippen LogP contribution in [0.2, 0.25) is 5.02 Å². The molecule has 0 spiro atoms. The van der Waals surface area contributed by atoms with E-state index >= 15 is 0 Å². The molecule has 4 heteroatoms. The van der Waals surface area contributed by atoms with Crippen molar-refractivity contribution in [1.29, 1.82) is 0 Å². The highest BCUT2D eigenvalue weighted by Crippen LogP contribution is 2.36. The van der Waals surface area contributed by atoms with Gasteiger partial charge in [-0.3, -0.25) is 5.10 Å². The first-order valence-electron chi connectivity index (χ1n) is 6.41. The van der Waals surface area contributed by atoms with Crippen molar-refractivity contribution in [3.05, 3.63) is 35.0 Å². The standard InChI is InChI=1S/C14H14ClN3/c15-11-3-1-2-9-13(17-18-14(9)11)10-6-8-4-5-12(10)16-7-8/h1-3,6,8,12,16H,4-5,7H2,(H,17,18). The highest BCUT2D eigenvalue weighted by Gasteiger charge is 2.30. The van der Waals surface area contributed by atoms with E-state index in [0.717, 1.165) is 23.1 Å². The zero-order valence-corrected chi connectivity index (χ0v) is 10.7. The Kier molecular flexibility index (Phi) is 2.26. The molecule has 3 heterocycles. The number of benzene rings is 1. The van der Waals surface area contributed by atoms with Crippen molar-refractivity contribution in [1.82, 2.24) is 15.5 Å². The van der Waals surface area contributed by atoms with Crippen LogP contribution in [0.5, 0.6) is 0 Å². The van der Waals surface area contributed by atoms with Gasteiger partial charge in [0.25, 0.3) is 0 Å². The average Bonchev–Trinajstić information content (AvgIpc) is 2.85. The van der Waals surface area contributed by atoms with E-state index in [0.29, 0.717) is 17.0 Å². The van der Waals surface area contributed by atoms with Gasteiger partial charge in [-0.05, 0) is 30.4 Å². The lowest BCUT2D eigenvalue weighted by Gasteiger charge is -2.36. The maximum atomic E-state index is 6.17. The van der Waals surface area contributed by atoms with Gasteiger partial charge in [0.2, 0.25) is 0 Å². The molecule has 0 radical (unpaired) electrons. The molecule has 1 fully saturated rings. The smallest absolute Gasteiger partial charge is 0.111 e. The molecule has 2 unspecified atom stereocenters. The lowest BCUT2D eigenvalue weighted by Crippen LogP contribution is -2.43. The molecule has 2 aliphatic heterocycles. The van der Waals surface area contributed by atoms with Crippen molar-refractivity contribution in [2.75, 3.05) is 6.54 Å². The second-order valence-corrected chi connectivity index (χ2v) is 5.56. The molecular weight excluding hydrogens is 246 g/mol. The van der Waals surface area contributed by atoms with Gasteiger partial charge in [-0.2, -0.15) is 5.10 Å². The topological polar surface area (TPSA) is 40.7 Å². The molecule has 2 N–H and O–H groups in total. The Bertz CT molecular complexity index is 636. The number of nitrogens with one attached hydrogen (secondary N) is 2. The molecule has 5 rings (SSSR count). The quantitative estimate of drug-likeness (QED) is 0.827. The van der Waals surface area contributed by atoms with Crippen LogP contribution in [-0.4, -0.2) is 22.8 Å². The van der Waals surface area contributed by atoms with Crippen molar-refractivity contribution in [2.24, 2.45) is 5.92 Å². The monoisotopic (exact) mass is 259 g/mol. The second kappa shape index (κ2) is 3.84. The summed E-state index contributed by atoms with van der Waals surface area (Å²) >= 11 is 6.17. The minimum atomic E-state index is 0.470. The fraction of sp³-hybridized carbons (Fsp3) is 0.357. The van der Waals surface area contributed by atoms with Crippen molar-refractivity contribution < 1.29 is 0 Å². The van der Waals surface area contributed by atoms with E-state index in [-0.39, 0.29) is 0 Å². The number of aromatic amines is 1. The van der Waals surface area contributed by atoms with Crippen LogP contribution in [0.3, 0.4) is 0 Å². The number of aromatic nitrogens is 2. The summed E-state index contributed by atoms with van der Waals surface area (Å²) in [5.41, 5.74) is 3.37. The molecule has 0 amide bonds. The molecular formula is C14H14ClN3. The molecule has 92 valence electrons. The third kappa shape index (κ3) is 1.44. The molecule has 2 atom stereocenters. The zero-order valence-electron chi connectivity index (χ0n) is 9.91. The van der Waals surface area contributed by atoms with E-state index in [1.54, 1.807) is 0 Å².